The predicted molar refractivity (Wildman–Crippen MR) is 129 cm³/mol. The van der Waals surface area contributed by atoms with Crippen molar-refractivity contribution < 1.29 is 19.4 Å². The maximum atomic E-state index is 12.3. The second kappa shape index (κ2) is 9.38. The standard InChI is InChI=1S/C25H24N2O4S2/c1-13-10-17(19-6-7-21(33-19)25(30)27-9-8-22(28)29)31-18-11-14(2)24(15(3)23(13)18)20-5-4-16(12-26)32-20/h4-7,11,13,17H,8-10H2,1-3H3,(H,27,30)(H,28,29). The van der Waals surface area contributed by atoms with Gasteiger partial charge in [0.25, 0.3) is 5.91 Å². The maximum Gasteiger partial charge on any atom is 0.305 e. The van der Waals surface area contributed by atoms with E-state index < -0.39 is 5.97 Å². The molecule has 0 fully saturated rings. The van der Waals surface area contributed by atoms with Crippen molar-refractivity contribution >= 4 is 34.6 Å². The summed E-state index contributed by atoms with van der Waals surface area (Å²) in [5, 5.41) is 20.6. The van der Waals surface area contributed by atoms with Crippen LogP contribution in [0.25, 0.3) is 10.4 Å². The summed E-state index contributed by atoms with van der Waals surface area (Å²) in [6.07, 6.45) is 0.549. The van der Waals surface area contributed by atoms with Crippen LogP contribution in [0.1, 0.15) is 67.9 Å². The number of fused-ring (bicyclic) bond motifs is 1. The highest BCUT2D eigenvalue weighted by atomic mass is 32.1. The van der Waals surface area contributed by atoms with Gasteiger partial charge in [0.05, 0.1) is 11.3 Å². The topological polar surface area (TPSA) is 99.4 Å². The smallest absolute Gasteiger partial charge is 0.305 e. The van der Waals surface area contributed by atoms with E-state index in [1.165, 1.54) is 39.4 Å². The van der Waals surface area contributed by atoms with Crippen LogP contribution in [0.4, 0.5) is 0 Å². The van der Waals surface area contributed by atoms with Crippen molar-refractivity contribution in [3.05, 3.63) is 61.7 Å². The van der Waals surface area contributed by atoms with Crippen molar-refractivity contribution in [2.24, 2.45) is 0 Å². The number of hydrogen-bond acceptors (Lipinski definition) is 6. The molecule has 0 bridgehead atoms. The fourth-order valence-corrected chi connectivity index (χ4v) is 6.35. The van der Waals surface area contributed by atoms with Crippen LogP contribution in [0.3, 0.4) is 0 Å². The monoisotopic (exact) mass is 480 g/mol. The van der Waals surface area contributed by atoms with Gasteiger partial charge in [-0.15, -0.1) is 22.7 Å². The van der Waals surface area contributed by atoms with Crippen molar-refractivity contribution in [3.8, 4) is 22.3 Å². The quantitative estimate of drug-likeness (QED) is 0.465. The third kappa shape index (κ3) is 4.65. The molecule has 1 aliphatic rings. The molecule has 3 aromatic rings. The number of aryl methyl sites for hydroxylation is 1. The van der Waals surface area contributed by atoms with Crippen LogP contribution < -0.4 is 10.1 Å². The summed E-state index contributed by atoms with van der Waals surface area (Å²) in [5.74, 6) is -0.0663. The van der Waals surface area contributed by atoms with Gasteiger partial charge < -0.3 is 15.2 Å². The van der Waals surface area contributed by atoms with Gasteiger partial charge in [-0.25, -0.2) is 0 Å². The summed E-state index contributed by atoms with van der Waals surface area (Å²) in [6.45, 7) is 6.49. The first kappa shape index (κ1) is 23.0. The number of nitrogens with one attached hydrogen (secondary N) is 1. The van der Waals surface area contributed by atoms with Crippen LogP contribution >= 0.6 is 22.7 Å². The molecular formula is C25H24N2O4S2. The second-order valence-corrected chi connectivity index (χ2v) is 10.4. The van der Waals surface area contributed by atoms with Crippen LogP contribution in [0, 0.1) is 25.2 Å². The Morgan fingerprint density at radius 2 is 2.03 bits per heavy atom. The summed E-state index contributed by atoms with van der Waals surface area (Å²) in [6, 6.07) is 11.9. The normalized spacial score (nSPS) is 17.0. The highest BCUT2D eigenvalue weighted by Gasteiger charge is 2.31. The zero-order chi connectivity index (χ0) is 23.7. The SMILES string of the molecule is Cc1cc2c(c(C)c1-c1ccc(C#N)s1)C(C)CC(c1ccc(C(=O)NCCC(=O)O)s1)O2. The molecule has 2 unspecified atom stereocenters. The van der Waals surface area contributed by atoms with Crippen LogP contribution in [0.5, 0.6) is 5.75 Å². The molecule has 1 amide bonds. The third-order valence-electron chi connectivity index (χ3n) is 5.87. The third-order valence-corrected chi connectivity index (χ3v) is 8.05. The van der Waals surface area contributed by atoms with Gasteiger partial charge >= 0.3 is 5.97 Å². The number of carbonyl (C=O) groups excluding carboxylic acids is 1. The molecule has 0 spiro atoms. The molecule has 0 radical (unpaired) electrons. The molecule has 0 aliphatic carbocycles. The van der Waals surface area contributed by atoms with E-state index >= 15 is 0 Å². The molecule has 1 aromatic carbocycles. The Hall–Kier alpha value is -3.15. The van der Waals surface area contributed by atoms with Gasteiger partial charge in [-0.05, 0) is 73.2 Å². The van der Waals surface area contributed by atoms with Crippen LogP contribution in [0.2, 0.25) is 0 Å². The summed E-state index contributed by atoms with van der Waals surface area (Å²) >= 11 is 2.89. The molecule has 3 heterocycles. The Morgan fingerprint density at radius 1 is 1.24 bits per heavy atom. The number of ether oxygens (including phenoxy) is 1. The zero-order valence-electron chi connectivity index (χ0n) is 18.6. The van der Waals surface area contributed by atoms with Crippen LogP contribution in [-0.4, -0.2) is 23.5 Å². The minimum Gasteiger partial charge on any atom is -0.485 e. The van der Waals surface area contributed by atoms with E-state index in [0.29, 0.717) is 9.75 Å². The minimum atomic E-state index is -0.941. The summed E-state index contributed by atoms with van der Waals surface area (Å²) in [5.41, 5.74) is 4.66. The largest absolute Gasteiger partial charge is 0.485 e. The first-order chi connectivity index (χ1) is 15.8. The van der Waals surface area contributed by atoms with Crippen molar-refractivity contribution in [1.82, 2.24) is 5.32 Å². The minimum absolute atomic E-state index is 0.103. The van der Waals surface area contributed by atoms with Crippen molar-refractivity contribution in [2.45, 2.75) is 45.6 Å². The molecule has 2 aromatic heterocycles. The summed E-state index contributed by atoms with van der Waals surface area (Å²) in [7, 11) is 0. The number of carbonyl (C=O) groups is 2. The number of nitrogens with zero attached hydrogens (tertiary/aromatic N) is 1. The van der Waals surface area contributed by atoms with E-state index in [1.807, 2.05) is 18.2 Å². The zero-order valence-corrected chi connectivity index (χ0v) is 20.2. The van der Waals surface area contributed by atoms with Gasteiger partial charge in [0.1, 0.15) is 22.8 Å². The number of benzene rings is 1. The predicted octanol–water partition coefficient (Wildman–Crippen LogP) is 5.80. The molecule has 4 rings (SSSR count). The number of rotatable bonds is 6. The average molecular weight is 481 g/mol. The molecule has 8 heteroatoms. The first-order valence-electron chi connectivity index (χ1n) is 10.7. The average Bonchev–Trinajstić information content (AvgIpc) is 3.43. The number of aliphatic carboxylic acids is 1. The Kier molecular flexibility index (Phi) is 6.54. The maximum absolute atomic E-state index is 12.3. The van der Waals surface area contributed by atoms with Crippen LogP contribution in [0.15, 0.2) is 30.3 Å². The fraction of sp³-hybridized carbons (Fsp3) is 0.320. The lowest BCUT2D eigenvalue weighted by molar-refractivity contribution is -0.136. The lowest BCUT2D eigenvalue weighted by Crippen LogP contribution is -2.25. The van der Waals surface area contributed by atoms with Gasteiger partial charge in [-0.1, -0.05) is 6.92 Å². The van der Waals surface area contributed by atoms with Gasteiger partial charge in [-0.2, -0.15) is 5.26 Å². The number of carboxylic acids is 1. The van der Waals surface area contributed by atoms with E-state index in [0.717, 1.165) is 27.5 Å². The van der Waals surface area contributed by atoms with Crippen LogP contribution in [-0.2, 0) is 4.79 Å². The van der Waals surface area contributed by atoms with Gasteiger partial charge in [0.15, 0.2) is 0 Å². The molecule has 2 atom stereocenters. The molecule has 0 saturated heterocycles. The van der Waals surface area contributed by atoms with Gasteiger partial charge in [0, 0.05) is 21.9 Å². The van der Waals surface area contributed by atoms with Gasteiger partial charge in [0.2, 0.25) is 0 Å². The Bertz CT molecular complexity index is 1270. The van der Waals surface area contributed by atoms with E-state index in [-0.39, 0.29) is 30.9 Å². The number of nitriles is 1. The first-order valence-corrected chi connectivity index (χ1v) is 12.3. The fourth-order valence-electron chi connectivity index (χ4n) is 4.42. The molecule has 2 N–H and O–H groups in total. The van der Waals surface area contributed by atoms with Crippen molar-refractivity contribution in [1.29, 1.82) is 5.26 Å². The molecular weight excluding hydrogens is 456 g/mol. The molecule has 0 saturated carbocycles. The summed E-state index contributed by atoms with van der Waals surface area (Å²) < 4.78 is 6.43. The Labute approximate surface area is 200 Å². The lowest BCUT2D eigenvalue weighted by Gasteiger charge is -2.32. The van der Waals surface area contributed by atoms with Crippen molar-refractivity contribution in [3.63, 3.8) is 0 Å². The Morgan fingerprint density at radius 3 is 2.73 bits per heavy atom. The molecule has 33 heavy (non-hydrogen) atoms. The summed E-state index contributed by atoms with van der Waals surface area (Å²) in [4.78, 5) is 26.3. The van der Waals surface area contributed by atoms with Gasteiger partial charge in [-0.3, -0.25) is 9.59 Å². The van der Waals surface area contributed by atoms with E-state index in [9.17, 15) is 14.9 Å². The molecule has 1 aliphatic heterocycles. The second-order valence-electron chi connectivity index (χ2n) is 8.23. The molecule has 170 valence electrons. The number of carboxylic acid groups (broad SMARTS) is 1. The highest BCUT2D eigenvalue weighted by Crippen LogP contribution is 2.48. The van der Waals surface area contributed by atoms with E-state index in [1.54, 1.807) is 6.07 Å². The van der Waals surface area contributed by atoms with E-state index in [4.69, 9.17) is 9.84 Å². The number of amides is 1. The number of hydrogen-bond donors (Lipinski definition) is 2. The highest BCUT2D eigenvalue weighted by molar-refractivity contribution is 7.16. The Balaban J connectivity index is 1.57. The van der Waals surface area contributed by atoms with Crippen molar-refractivity contribution in [2.75, 3.05) is 6.54 Å². The molecule has 6 nitrogen and oxygen atoms in total. The lowest BCUT2D eigenvalue weighted by atomic mass is 9.84. The number of thiophene rings is 2. The van der Waals surface area contributed by atoms with E-state index in [2.05, 4.69) is 38.2 Å².